The second-order valence-electron chi connectivity index (χ2n) is 6.88. The molecular weight excluding hydrogens is 368 g/mol. The van der Waals surface area contributed by atoms with Crippen LogP contribution in [0.2, 0.25) is 0 Å². The number of aromatic nitrogens is 2. The van der Waals surface area contributed by atoms with E-state index in [1.807, 2.05) is 17.0 Å². The van der Waals surface area contributed by atoms with Gasteiger partial charge in [0.2, 0.25) is 5.91 Å². The number of imidazole rings is 1. The average Bonchev–Trinajstić information content (AvgIpc) is 3.41. The number of unbranched alkanes of at least 4 members (excludes halogenated alkanes) is 1. The van der Waals surface area contributed by atoms with Gasteiger partial charge in [0.15, 0.2) is 5.82 Å². The number of hydrogen-bond donors (Lipinski definition) is 3. The Hall–Kier alpha value is -3.60. The van der Waals surface area contributed by atoms with Gasteiger partial charge in [-0.25, -0.2) is 4.98 Å². The first kappa shape index (κ1) is 20.1. The molecule has 0 aliphatic carbocycles. The van der Waals surface area contributed by atoms with Crippen molar-refractivity contribution in [3.05, 3.63) is 42.4 Å². The zero-order chi connectivity index (χ0) is 20.6. The van der Waals surface area contributed by atoms with Gasteiger partial charge in [-0.2, -0.15) is 0 Å². The fraction of sp³-hybridized carbons (Fsp3) is 0.333. The minimum atomic E-state index is -0.139. The van der Waals surface area contributed by atoms with Crippen LogP contribution in [0.15, 0.2) is 36.8 Å². The lowest BCUT2D eigenvalue weighted by atomic mass is 10.1. The van der Waals surface area contributed by atoms with E-state index in [9.17, 15) is 9.59 Å². The van der Waals surface area contributed by atoms with Crippen molar-refractivity contribution in [2.45, 2.75) is 19.3 Å². The molecule has 2 amide bonds. The topological polar surface area (TPSA) is 103 Å². The number of hydrogen-bond acceptors (Lipinski definition) is 4. The van der Waals surface area contributed by atoms with Gasteiger partial charge < -0.3 is 20.1 Å². The first-order chi connectivity index (χ1) is 14.1. The van der Waals surface area contributed by atoms with Crippen LogP contribution in [0.3, 0.4) is 0 Å². The molecule has 8 nitrogen and oxygen atoms in total. The highest BCUT2D eigenvalue weighted by molar-refractivity contribution is 5.94. The molecule has 29 heavy (non-hydrogen) atoms. The standard InChI is InChI=1S/C21H24N6O2/c1-2-3-4-10-23-20(28)16-5-7-18(8-6-16)27-13-19(24-15-27)25-21(29)17-9-11-26(12-17)14-22/h1,5-8,13-15,17,22H,3-4,9-12H2,(H,23,28)(H,25,29)/t17-/m0/s1. The Morgan fingerprint density at radius 3 is 2.83 bits per heavy atom. The van der Waals surface area contributed by atoms with E-state index in [1.165, 1.54) is 6.34 Å². The molecule has 1 aromatic carbocycles. The van der Waals surface area contributed by atoms with Gasteiger partial charge in [0.1, 0.15) is 6.33 Å². The van der Waals surface area contributed by atoms with E-state index < -0.39 is 0 Å². The molecule has 0 spiro atoms. The number of carbonyl (C=O) groups is 2. The molecule has 1 atom stereocenters. The van der Waals surface area contributed by atoms with Gasteiger partial charge >= 0.3 is 0 Å². The van der Waals surface area contributed by atoms with Crippen LogP contribution in [-0.4, -0.2) is 52.2 Å². The van der Waals surface area contributed by atoms with E-state index in [0.717, 1.165) is 25.1 Å². The Kier molecular flexibility index (Phi) is 6.63. The third kappa shape index (κ3) is 5.23. The molecule has 3 N–H and O–H groups in total. The molecule has 2 aromatic rings. The average molecular weight is 392 g/mol. The molecule has 1 aliphatic heterocycles. The lowest BCUT2D eigenvalue weighted by Gasteiger charge is -2.11. The van der Waals surface area contributed by atoms with Gasteiger partial charge in [-0.15, -0.1) is 12.3 Å². The van der Waals surface area contributed by atoms with Crippen LogP contribution in [0.1, 0.15) is 29.6 Å². The number of benzene rings is 1. The van der Waals surface area contributed by atoms with Crippen molar-refractivity contribution < 1.29 is 9.59 Å². The maximum atomic E-state index is 12.4. The quantitative estimate of drug-likeness (QED) is 0.276. The fourth-order valence-corrected chi connectivity index (χ4v) is 3.15. The largest absolute Gasteiger partial charge is 0.362 e. The Balaban J connectivity index is 1.56. The lowest BCUT2D eigenvalue weighted by molar-refractivity contribution is -0.119. The predicted molar refractivity (Wildman–Crippen MR) is 111 cm³/mol. The molecule has 1 aliphatic rings. The van der Waals surface area contributed by atoms with Crippen LogP contribution in [0, 0.1) is 23.7 Å². The minimum Gasteiger partial charge on any atom is -0.362 e. The lowest BCUT2D eigenvalue weighted by Crippen LogP contribution is -2.26. The smallest absolute Gasteiger partial charge is 0.251 e. The van der Waals surface area contributed by atoms with E-state index in [2.05, 4.69) is 21.5 Å². The van der Waals surface area contributed by atoms with Gasteiger partial charge in [0, 0.05) is 37.3 Å². The van der Waals surface area contributed by atoms with E-state index in [-0.39, 0.29) is 17.7 Å². The van der Waals surface area contributed by atoms with Crippen LogP contribution in [0.4, 0.5) is 5.82 Å². The molecule has 1 fully saturated rings. The maximum absolute atomic E-state index is 12.4. The number of rotatable bonds is 8. The highest BCUT2D eigenvalue weighted by Crippen LogP contribution is 2.18. The number of carbonyl (C=O) groups excluding carboxylic acids is 2. The second-order valence-corrected chi connectivity index (χ2v) is 6.88. The number of likely N-dealkylation sites (tertiary alicyclic amines) is 1. The van der Waals surface area contributed by atoms with E-state index in [0.29, 0.717) is 30.9 Å². The Morgan fingerprint density at radius 1 is 1.34 bits per heavy atom. The van der Waals surface area contributed by atoms with Crippen molar-refractivity contribution >= 4 is 24.0 Å². The molecule has 150 valence electrons. The first-order valence-corrected chi connectivity index (χ1v) is 9.52. The molecule has 1 aromatic heterocycles. The third-order valence-electron chi connectivity index (χ3n) is 4.82. The SMILES string of the molecule is C#CCCCNC(=O)c1ccc(-n2cnc(NC(=O)[C@H]3CCN(C=N)C3)c2)cc1. The number of nitrogens with one attached hydrogen (secondary N) is 3. The van der Waals surface area contributed by atoms with E-state index in [1.54, 1.807) is 29.2 Å². The predicted octanol–water partition coefficient (Wildman–Crippen LogP) is 1.88. The molecule has 8 heteroatoms. The highest BCUT2D eigenvalue weighted by Gasteiger charge is 2.27. The summed E-state index contributed by atoms with van der Waals surface area (Å²) in [4.78, 5) is 30.5. The van der Waals surface area contributed by atoms with Crippen LogP contribution < -0.4 is 10.6 Å². The van der Waals surface area contributed by atoms with Crippen molar-refractivity contribution in [3.8, 4) is 18.0 Å². The summed E-state index contributed by atoms with van der Waals surface area (Å²) in [6.45, 7) is 1.83. The molecular formula is C21H24N6O2. The van der Waals surface area contributed by atoms with Crippen LogP contribution in [0.25, 0.3) is 5.69 Å². The number of anilines is 1. The van der Waals surface area contributed by atoms with Crippen molar-refractivity contribution in [2.75, 3.05) is 25.0 Å². The second kappa shape index (κ2) is 9.55. The summed E-state index contributed by atoms with van der Waals surface area (Å²) in [7, 11) is 0. The molecule has 0 radical (unpaired) electrons. The van der Waals surface area contributed by atoms with Gasteiger partial charge in [0.25, 0.3) is 5.91 Å². The summed E-state index contributed by atoms with van der Waals surface area (Å²) in [5.41, 5.74) is 1.40. The van der Waals surface area contributed by atoms with E-state index >= 15 is 0 Å². The molecule has 2 heterocycles. The number of amides is 2. The van der Waals surface area contributed by atoms with Gasteiger partial charge in [0.05, 0.1) is 18.5 Å². The summed E-state index contributed by atoms with van der Waals surface area (Å²) in [5, 5.41) is 12.9. The van der Waals surface area contributed by atoms with Crippen molar-refractivity contribution in [1.29, 1.82) is 5.41 Å². The van der Waals surface area contributed by atoms with Gasteiger partial charge in [-0.3, -0.25) is 15.0 Å². The monoisotopic (exact) mass is 392 g/mol. The van der Waals surface area contributed by atoms with Crippen LogP contribution >= 0.6 is 0 Å². The Bertz CT molecular complexity index is 912. The fourth-order valence-electron chi connectivity index (χ4n) is 3.15. The van der Waals surface area contributed by atoms with Crippen LogP contribution in [0.5, 0.6) is 0 Å². The first-order valence-electron chi connectivity index (χ1n) is 9.52. The van der Waals surface area contributed by atoms with Crippen LogP contribution in [-0.2, 0) is 4.79 Å². The van der Waals surface area contributed by atoms with Gasteiger partial charge in [-0.05, 0) is 37.1 Å². The highest BCUT2D eigenvalue weighted by atomic mass is 16.2. The molecule has 0 saturated carbocycles. The van der Waals surface area contributed by atoms with Crippen molar-refractivity contribution in [1.82, 2.24) is 19.8 Å². The van der Waals surface area contributed by atoms with Crippen molar-refractivity contribution in [3.63, 3.8) is 0 Å². The summed E-state index contributed by atoms with van der Waals surface area (Å²) >= 11 is 0. The van der Waals surface area contributed by atoms with Gasteiger partial charge in [-0.1, -0.05) is 0 Å². The zero-order valence-corrected chi connectivity index (χ0v) is 16.1. The maximum Gasteiger partial charge on any atom is 0.251 e. The summed E-state index contributed by atoms with van der Waals surface area (Å²) < 4.78 is 1.78. The zero-order valence-electron chi connectivity index (χ0n) is 16.1. The molecule has 0 unspecified atom stereocenters. The summed E-state index contributed by atoms with van der Waals surface area (Å²) in [6.07, 6.45) is 11.9. The van der Waals surface area contributed by atoms with E-state index in [4.69, 9.17) is 11.8 Å². The molecule has 0 bridgehead atoms. The summed E-state index contributed by atoms with van der Waals surface area (Å²) in [5.74, 6) is 2.65. The number of terminal acetylenes is 1. The normalized spacial score (nSPS) is 15.6. The Morgan fingerprint density at radius 2 is 2.14 bits per heavy atom. The third-order valence-corrected chi connectivity index (χ3v) is 4.82. The molecule has 3 rings (SSSR count). The minimum absolute atomic E-state index is 0.0866. The molecule has 1 saturated heterocycles. The Labute approximate surface area is 169 Å². The number of nitrogens with zero attached hydrogens (tertiary/aromatic N) is 3. The van der Waals surface area contributed by atoms with Crippen molar-refractivity contribution in [2.24, 2.45) is 5.92 Å². The summed E-state index contributed by atoms with van der Waals surface area (Å²) in [6, 6.07) is 7.13.